The van der Waals surface area contributed by atoms with E-state index >= 15 is 0 Å². The molecule has 0 spiro atoms. The van der Waals surface area contributed by atoms with E-state index in [0.717, 1.165) is 12.2 Å². The number of rotatable bonds is 3. The van der Waals surface area contributed by atoms with Gasteiger partial charge in [0.15, 0.2) is 5.78 Å². The van der Waals surface area contributed by atoms with E-state index in [-0.39, 0.29) is 17.7 Å². The quantitative estimate of drug-likeness (QED) is 0.928. The summed E-state index contributed by atoms with van der Waals surface area (Å²) in [5.41, 5.74) is 0.104. The van der Waals surface area contributed by atoms with Crippen LogP contribution in [0.15, 0.2) is 16.7 Å². The molecule has 1 heterocycles. The second-order valence-electron chi connectivity index (χ2n) is 6.43. The highest BCUT2D eigenvalue weighted by atomic mass is 16.6. The molecule has 2 atom stereocenters. The van der Waals surface area contributed by atoms with Crippen molar-refractivity contribution >= 4 is 11.9 Å². The lowest BCUT2D eigenvalue weighted by molar-refractivity contribution is 0.0477. The van der Waals surface area contributed by atoms with Gasteiger partial charge in [-0.05, 0) is 39.7 Å². The number of hydrogen-bond acceptors (Lipinski definition) is 4. The highest BCUT2D eigenvalue weighted by Crippen LogP contribution is 2.29. The molecule has 21 heavy (non-hydrogen) atoms. The molecule has 0 saturated carbocycles. The van der Waals surface area contributed by atoms with Crippen LogP contribution in [0.4, 0.5) is 4.79 Å². The number of amides is 1. The lowest BCUT2D eigenvalue weighted by Crippen LogP contribution is -2.46. The van der Waals surface area contributed by atoms with Crippen LogP contribution >= 0.6 is 0 Å². The third-order valence-electron chi connectivity index (χ3n) is 3.66. The van der Waals surface area contributed by atoms with Gasteiger partial charge < -0.3 is 14.5 Å². The molecule has 1 aliphatic carbocycles. The highest BCUT2D eigenvalue weighted by molar-refractivity contribution is 6.00. The van der Waals surface area contributed by atoms with E-state index in [0.29, 0.717) is 18.4 Å². The maximum atomic E-state index is 12.5. The Morgan fingerprint density at radius 1 is 1.52 bits per heavy atom. The molecule has 0 fully saturated rings. The van der Waals surface area contributed by atoms with Crippen molar-refractivity contribution in [1.29, 1.82) is 0 Å². The first-order valence-corrected chi connectivity index (χ1v) is 7.42. The van der Waals surface area contributed by atoms with Crippen molar-refractivity contribution in [2.75, 3.05) is 0 Å². The van der Waals surface area contributed by atoms with Crippen LogP contribution in [0.25, 0.3) is 0 Å². The van der Waals surface area contributed by atoms with Crippen molar-refractivity contribution in [3.8, 4) is 0 Å². The summed E-state index contributed by atoms with van der Waals surface area (Å²) < 4.78 is 10.6. The number of fused-ring (bicyclic) bond motifs is 1. The van der Waals surface area contributed by atoms with Crippen molar-refractivity contribution in [1.82, 2.24) is 5.32 Å². The minimum atomic E-state index is -0.545. The zero-order chi connectivity index (χ0) is 15.6. The van der Waals surface area contributed by atoms with E-state index in [1.165, 1.54) is 0 Å². The Hall–Kier alpha value is -1.78. The number of hydrogen-bond donors (Lipinski definition) is 1. The molecule has 0 bridgehead atoms. The first-order valence-electron chi connectivity index (χ1n) is 7.42. The number of carbonyl (C=O) groups is 2. The van der Waals surface area contributed by atoms with Gasteiger partial charge in [0, 0.05) is 18.4 Å². The second kappa shape index (κ2) is 5.92. The standard InChI is InChI=1S/C16H23NO4/c1-5-12(17-15(19)21-16(2,3)4)10-6-7-13-11(14(10)18)8-9-20-13/h8-10,12H,5-7H2,1-4H3,(H,17,19). The molecule has 1 aromatic heterocycles. The van der Waals surface area contributed by atoms with Gasteiger partial charge in [0.2, 0.25) is 0 Å². The summed E-state index contributed by atoms with van der Waals surface area (Å²) >= 11 is 0. The van der Waals surface area contributed by atoms with Crippen molar-refractivity contribution in [3.63, 3.8) is 0 Å². The van der Waals surface area contributed by atoms with Crippen LogP contribution in [0, 0.1) is 5.92 Å². The van der Waals surface area contributed by atoms with Crippen molar-refractivity contribution < 1.29 is 18.7 Å². The van der Waals surface area contributed by atoms with Crippen molar-refractivity contribution in [3.05, 3.63) is 23.7 Å². The zero-order valence-electron chi connectivity index (χ0n) is 13.1. The number of aryl methyl sites for hydroxylation is 1. The Morgan fingerprint density at radius 3 is 2.86 bits per heavy atom. The minimum Gasteiger partial charge on any atom is -0.469 e. The first kappa shape index (κ1) is 15.6. The predicted molar refractivity (Wildman–Crippen MR) is 78.3 cm³/mol. The predicted octanol–water partition coefficient (Wildman–Crippen LogP) is 3.33. The molecule has 5 nitrogen and oxygen atoms in total. The first-order chi connectivity index (χ1) is 9.81. The van der Waals surface area contributed by atoms with Crippen LogP contribution in [0.2, 0.25) is 0 Å². The molecular formula is C16H23NO4. The smallest absolute Gasteiger partial charge is 0.407 e. The number of carbonyl (C=O) groups excluding carboxylic acids is 2. The van der Waals surface area contributed by atoms with Gasteiger partial charge in [0.05, 0.1) is 11.8 Å². The van der Waals surface area contributed by atoms with Gasteiger partial charge in [0.25, 0.3) is 0 Å². The number of nitrogens with one attached hydrogen (secondary N) is 1. The number of ether oxygens (including phenoxy) is 1. The largest absolute Gasteiger partial charge is 0.469 e. The number of ketones is 1. The third-order valence-corrected chi connectivity index (χ3v) is 3.66. The van der Waals surface area contributed by atoms with E-state index < -0.39 is 11.7 Å². The normalized spacial score (nSPS) is 19.8. The average Bonchev–Trinajstić information content (AvgIpc) is 2.84. The lowest BCUT2D eigenvalue weighted by Gasteiger charge is -2.29. The Kier molecular flexibility index (Phi) is 4.40. The summed E-state index contributed by atoms with van der Waals surface area (Å²) in [7, 11) is 0. The molecular weight excluding hydrogens is 270 g/mol. The van der Waals surface area contributed by atoms with E-state index in [1.807, 2.05) is 27.7 Å². The average molecular weight is 293 g/mol. The maximum absolute atomic E-state index is 12.5. The summed E-state index contributed by atoms with van der Waals surface area (Å²) in [6.07, 6.45) is 3.18. The molecule has 0 saturated heterocycles. The van der Waals surface area contributed by atoms with Gasteiger partial charge in [-0.2, -0.15) is 0 Å². The molecule has 2 unspecified atom stereocenters. The molecule has 1 aliphatic rings. The lowest BCUT2D eigenvalue weighted by atomic mass is 9.81. The molecule has 1 amide bonds. The number of furan rings is 1. The fourth-order valence-corrected chi connectivity index (χ4v) is 2.70. The van der Waals surface area contributed by atoms with Gasteiger partial charge >= 0.3 is 6.09 Å². The molecule has 1 N–H and O–H groups in total. The van der Waals surface area contributed by atoms with Crippen LogP contribution in [0.1, 0.15) is 56.7 Å². The van der Waals surface area contributed by atoms with Gasteiger partial charge in [-0.1, -0.05) is 6.92 Å². The summed E-state index contributed by atoms with van der Waals surface area (Å²) in [4.78, 5) is 24.4. The molecule has 0 aliphatic heterocycles. The van der Waals surface area contributed by atoms with E-state index in [4.69, 9.17) is 9.15 Å². The van der Waals surface area contributed by atoms with Gasteiger partial charge in [-0.15, -0.1) is 0 Å². The van der Waals surface area contributed by atoms with Gasteiger partial charge in [0.1, 0.15) is 11.4 Å². The molecule has 0 radical (unpaired) electrons. The van der Waals surface area contributed by atoms with Gasteiger partial charge in [-0.3, -0.25) is 4.79 Å². The number of alkyl carbamates (subject to hydrolysis) is 1. The van der Waals surface area contributed by atoms with Crippen LogP contribution in [0.5, 0.6) is 0 Å². The SMILES string of the molecule is CCC(NC(=O)OC(C)(C)C)C1CCc2occc2C1=O. The molecule has 0 aromatic carbocycles. The van der Waals surface area contributed by atoms with Crippen molar-refractivity contribution in [2.24, 2.45) is 5.92 Å². The fourth-order valence-electron chi connectivity index (χ4n) is 2.70. The third kappa shape index (κ3) is 3.65. The summed E-state index contributed by atoms with van der Waals surface area (Å²) in [6.45, 7) is 7.41. The van der Waals surface area contributed by atoms with Crippen LogP contribution < -0.4 is 5.32 Å². The van der Waals surface area contributed by atoms with Crippen LogP contribution in [-0.4, -0.2) is 23.5 Å². The molecule has 5 heteroatoms. The van der Waals surface area contributed by atoms with Crippen molar-refractivity contribution in [2.45, 2.75) is 58.6 Å². The fraction of sp³-hybridized carbons (Fsp3) is 0.625. The van der Waals surface area contributed by atoms with Crippen LogP contribution in [-0.2, 0) is 11.2 Å². The Balaban J connectivity index is 2.05. The number of Topliss-reactive ketones (excluding diaryl/α,β-unsaturated/α-hetero) is 1. The Labute approximate surface area is 125 Å². The van der Waals surface area contributed by atoms with Gasteiger partial charge in [-0.25, -0.2) is 4.79 Å². The zero-order valence-corrected chi connectivity index (χ0v) is 13.1. The summed E-state index contributed by atoms with van der Waals surface area (Å²) in [5, 5.41) is 2.83. The monoisotopic (exact) mass is 293 g/mol. The van der Waals surface area contributed by atoms with E-state index in [1.54, 1.807) is 12.3 Å². The van der Waals surface area contributed by atoms with E-state index in [2.05, 4.69) is 5.32 Å². The molecule has 2 rings (SSSR count). The summed E-state index contributed by atoms with van der Waals surface area (Å²) in [5.74, 6) is 0.587. The second-order valence-corrected chi connectivity index (χ2v) is 6.43. The Bertz CT molecular complexity index is 527. The molecule has 1 aromatic rings. The topological polar surface area (TPSA) is 68.5 Å². The maximum Gasteiger partial charge on any atom is 0.407 e. The summed E-state index contributed by atoms with van der Waals surface area (Å²) in [6, 6.07) is 1.50. The Morgan fingerprint density at radius 2 is 2.24 bits per heavy atom. The van der Waals surface area contributed by atoms with E-state index in [9.17, 15) is 9.59 Å². The van der Waals surface area contributed by atoms with Crippen LogP contribution in [0.3, 0.4) is 0 Å². The minimum absolute atomic E-state index is 0.0490. The highest BCUT2D eigenvalue weighted by Gasteiger charge is 2.35. The molecule has 116 valence electrons.